The number of halogens is 2. The van der Waals surface area contributed by atoms with Gasteiger partial charge in [0.1, 0.15) is 5.82 Å². The van der Waals surface area contributed by atoms with Crippen molar-refractivity contribution in [2.24, 2.45) is 0 Å². The van der Waals surface area contributed by atoms with Crippen LogP contribution < -0.4 is 10.3 Å². The SMILES string of the molecule is COc1cccc(-c2c(C)c(Cc3ccccc3F)c3n(c2=O)C(CN(C)CCN(C)C)CS3)c1F. The van der Waals surface area contributed by atoms with Crippen LogP contribution in [0.5, 0.6) is 5.75 Å². The summed E-state index contributed by atoms with van der Waals surface area (Å²) in [6.45, 7) is 4.30. The number of thioether (sulfide) groups is 1. The van der Waals surface area contributed by atoms with E-state index in [1.165, 1.54) is 19.2 Å². The molecule has 0 aliphatic carbocycles. The van der Waals surface area contributed by atoms with E-state index in [9.17, 15) is 9.18 Å². The Kier molecular flexibility index (Phi) is 8.17. The largest absolute Gasteiger partial charge is 0.494 e. The highest BCUT2D eigenvalue weighted by Crippen LogP contribution is 2.40. The van der Waals surface area contributed by atoms with Crippen LogP contribution in [0, 0.1) is 18.6 Å². The number of nitrogens with zero attached hydrogens (tertiary/aromatic N) is 3. The van der Waals surface area contributed by atoms with Gasteiger partial charge < -0.3 is 14.5 Å². The Morgan fingerprint density at radius 1 is 1.08 bits per heavy atom. The number of benzene rings is 2. The van der Waals surface area contributed by atoms with E-state index in [0.29, 0.717) is 29.7 Å². The number of likely N-dealkylation sites (N-methyl/N-ethyl adjacent to an activating group) is 2. The van der Waals surface area contributed by atoms with Gasteiger partial charge in [-0.1, -0.05) is 30.3 Å². The third-order valence-corrected chi connectivity index (χ3v) is 8.01. The standard InChI is InChI=1S/C28H33F2N3O2S/c1-18-22(15-19-9-6-7-11-23(19)29)28-33(20(17-36-28)16-32(4)14-13-31(2)3)27(34)25(18)21-10-8-12-24(35-5)26(21)30/h6-12,20H,13-17H2,1-5H3. The molecule has 8 heteroatoms. The predicted octanol–water partition coefficient (Wildman–Crippen LogP) is 4.84. The summed E-state index contributed by atoms with van der Waals surface area (Å²) in [5, 5.41) is 0.846. The van der Waals surface area contributed by atoms with Crippen LogP contribution in [0.3, 0.4) is 0 Å². The highest BCUT2D eigenvalue weighted by molar-refractivity contribution is 7.99. The molecule has 1 aliphatic rings. The minimum atomic E-state index is -0.567. The highest BCUT2D eigenvalue weighted by atomic mass is 32.2. The summed E-state index contributed by atoms with van der Waals surface area (Å²) in [6, 6.07) is 11.4. The summed E-state index contributed by atoms with van der Waals surface area (Å²) in [6.07, 6.45) is 0.322. The fourth-order valence-corrected chi connectivity index (χ4v) is 6.12. The Morgan fingerprint density at radius 3 is 2.53 bits per heavy atom. The molecule has 36 heavy (non-hydrogen) atoms. The van der Waals surface area contributed by atoms with Gasteiger partial charge in [0.15, 0.2) is 11.6 Å². The molecule has 3 aromatic rings. The van der Waals surface area contributed by atoms with Crippen molar-refractivity contribution in [2.45, 2.75) is 24.4 Å². The minimum Gasteiger partial charge on any atom is -0.494 e. The highest BCUT2D eigenvalue weighted by Gasteiger charge is 2.32. The lowest BCUT2D eigenvalue weighted by Gasteiger charge is -2.25. The second-order valence-corrected chi connectivity index (χ2v) is 10.6. The van der Waals surface area contributed by atoms with Crippen molar-refractivity contribution in [3.8, 4) is 16.9 Å². The molecule has 0 amide bonds. The van der Waals surface area contributed by atoms with Crippen molar-refractivity contribution in [2.75, 3.05) is 53.6 Å². The van der Waals surface area contributed by atoms with E-state index in [2.05, 4.69) is 9.80 Å². The lowest BCUT2D eigenvalue weighted by molar-refractivity contribution is 0.251. The Balaban J connectivity index is 1.87. The number of hydrogen-bond acceptors (Lipinski definition) is 5. The van der Waals surface area contributed by atoms with Crippen LogP contribution >= 0.6 is 11.8 Å². The topological polar surface area (TPSA) is 37.7 Å². The zero-order valence-corrected chi connectivity index (χ0v) is 22.3. The third-order valence-electron chi connectivity index (χ3n) is 6.74. The first-order valence-corrected chi connectivity index (χ1v) is 13.0. The Bertz CT molecular complexity index is 1310. The maximum atomic E-state index is 15.4. The normalized spacial score (nSPS) is 15.1. The zero-order valence-electron chi connectivity index (χ0n) is 21.5. The van der Waals surface area contributed by atoms with Gasteiger partial charge in [0, 0.05) is 37.4 Å². The maximum Gasteiger partial charge on any atom is 0.260 e. The monoisotopic (exact) mass is 513 g/mol. The van der Waals surface area contributed by atoms with Gasteiger partial charge in [-0.05, 0) is 56.9 Å². The Morgan fingerprint density at radius 2 is 1.83 bits per heavy atom. The summed E-state index contributed by atoms with van der Waals surface area (Å²) in [5.74, 6) is -0.0430. The lowest BCUT2D eigenvalue weighted by Crippen LogP contribution is -2.36. The molecule has 2 aromatic carbocycles. The first-order chi connectivity index (χ1) is 17.2. The molecular formula is C28H33F2N3O2S. The van der Waals surface area contributed by atoms with Gasteiger partial charge >= 0.3 is 0 Å². The average molecular weight is 514 g/mol. The summed E-state index contributed by atoms with van der Waals surface area (Å²) in [5.41, 5.74) is 2.38. The molecule has 0 bridgehead atoms. The third kappa shape index (κ3) is 5.21. The molecule has 1 atom stereocenters. The number of rotatable bonds is 9. The Hall–Kier alpha value is -2.68. The maximum absolute atomic E-state index is 15.4. The average Bonchev–Trinajstić information content (AvgIpc) is 3.26. The molecule has 0 radical (unpaired) electrons. The molecule has 0 N–H and O–H groups in total. The number of pyridine rings is 1. The molecule has 1 aromatic heterocycles. The second kappa shape index (κ2) is 11.2. The van der Waals surface area contributed by atoms with Crippen LogP contribution in [0.1, 0.15) is 22.7 Å². The van der Waals surface area contributed by atoms with Crippen molar-refractivity contribution in [3.05, 3.63) is 81.1 Å². The minimum absolute atomic E-state index is 0.0722. The number of fused-ring (bicyclic) bond motifs is 1. The number of hydrogen-bond donors (Lipinski definition) is 0. The van der Waals surface area contributed by atoms with E-state index in [-0.39, 0.29) is 28.7 Å². The first kappa shape index (κ1) is 26.4. The quantitative estimate of drug-likeness (QED) is 0.409. The van der Waals surface area contributed by atoms with Gasteiger partial charge in [0.25, 0.3) is 5.56 Å². The van der Waals surface area contributed by atoms with Gasteiger partial charge in [-0.2, -0.15) is 0 Å². The fourth-order valence-electron chi connectivity index (χ4n) is 4.74. The summed E-state index contributed by atoms with van der Waals surface area (Å²) in [4.78, 5) is 18.3. The Labute approximate surface area is 215 Å². The first-order valence-electron chi connectivity index (χ1n) is 12.0. The molecule has 0 saturated carbocycles. The summed E-state index contributed by atoms with van der Waals surface area (Å²) in [7, 11) is 7.52. The van der Waals surface area contributed by atoms with Gasteiger partial charge in [0.05, 0.1) is 23.7 Å². The molecule has 0 saturated heterocycles. The molecule has 0 spiro atoms. The molecule has 4 rings (SSSR count). The lowest BCUT2D eigenvalue weighted by atomic mass is 9.94. The van der Waals surface area contributed by atoms with Crippen LogP contribution in [0.25, 0.3) is 11.1 Å². The van der Waals surface area contributed by atoms with Gasteiger partial charge in [0.2, 0.25) is 0 Å². The van der Waals surface area contributed by atoms with E-state index in [4.69, 9.17) is 4.74 Å². The van der Waals surface area contributed by atoms with Gasteiger partial charge in [-0.15, -0.1) is 11.8 Å². The van der Waals surface area contributed by atoms with E-state index >= 15 is 4.39 Å². The number of methoxy groups -OCH3 is 1. The smallest absolute Gasteiger partial charge is 0.260 e. The fraction of sp³-hybridized carbons (Fsp3) is 0.393. The van der Waals surface area contributed by atoms with E-state index in [0.717, 1.165) is 29.4 Å². The van der Waals surface area contributed by atoms with Crippen molar-refractivity contribution >= 4 is 11.8 Å². The van der Waals surface area contributed by atoms with E-state index < -0.39 is 5.82 Å². The van der Waals surface area contributed by atoms with Crippen LogP contribution in [0.4, 0.5) is 8.78 Å². The molecule has 5 nitrogen and oxygen atoms in total. The molecule has 1 aliphatic heterocycles. The summed E-state index contributed by atoms with van der Waals surface area (Å²) < 4.78 is 37.1. The predicted molar refractivity (Wildman–Crippen MR) is 142 cm³/mol. The van der Waals surface area contributed by atoms with Crippen molar-refractivity contribution in [3.63, 3.8) is 0 Å². The van der Waals surface area contributed by atoms with E-state index in [1.807, 2.05) is 32.6 Å². The second-order valence-electron chi connectivity index (χ2n) is 9.58. The van der Waals surface area contributed by atoms with E-state index in [1.54, 1.807) is 42.1 Å². The number of aromatic nitrogens is 1. The zero-order chi connectivity index (χ0) is 26.0. The van der Waals surface area contributed by atoms with Crippen LogP contribution in [-0.4, -0.2) is 68.0 Å². The summed E-state index contributed by atoms with van der Waals surface area (Å²) >= 11 is 1.62. The molecule has 2 heterocycles. The van der Waals surface area contributed by atoms with Gasteiger partial charge in [-0.3, -0.25) is 9.36 Å². The van der Waals surface area contributed by atoms with Crippen molar-refractivity contribution in [1.29, 1.82) is 0 Å². The van der Waals surface area contributed by atoms with Crippen LogP contribution in [-0.2, 0) is 6.42 Å². The molecule has 192 valence electrons. The molecule has 0 fully saturated rings. The number of ether oxygens (including phenoxy) is 1. The van der Waals surface area contributed by atoms with Crippen molar-refractivity contribution in [1.82, 2.24) is 14.4 Å². The van der Waals surface area contributed by atoms with Gasteiger partial charge in [-0.25, -0.2) is 8.78 Å². The van der Waals surface area contributed by atoms with Crippen LogP contribution in [0.2, 0.25) is 0 Å². The molecular weight excluding hydrogens is 480 g/mol. The van der Waals surface area contributed by atoms with Crippen LogP contribution in [0.15, 0.2) is 52.3 Å². The molecule has 1 unspecified atom stereocenters. The van der Waals surface area contributed by atoms with Crippen molar-refractivity contribution < 1.29 is 13.5 Å².